The van der Waals surface area contributed by atoms with E-state index in [0.29, 0.717) is 0 Å². The molecule has 18 heavy (non-hydrogen) atoms. The van der Waals surface area contributed by atoms with Gasteiger partial charge >= 0.3 is 0 Å². The van der Waals surface area contributed by atoms with Crippen molar-refractivity contribution in [2.75, 3.05) is 12.8 Å². The first-order valence-corrected chi connectivity index (χ1v) is 8.30. The lowest BCUT2D eigenvalue weighted by molar-refractivity contribution is -0.131. The van der Waals surface area contributed by atoms with Crippen molar-refractivity contribution < 1.29 is 13.2 Å². The van der Waals surface area contributed by atoms with Gasteiger partial charge in [-0.3, -0.25) is 10.1 Å². The molecule has 2 rings (SSSR count). The van der Waals surface area contributed by atoms with Crippen molar-refractivity contribution in [3.63, 3.8) is 0 Å². The number of carbonyl (C=O) groups excluding carboxylic acids is 1. The molecule has 1 saturated carbocycles. The molecule has 1 atom stereocenters. The lowest BCUT2D eigenvalue weighted by atomic mass is 10.1. The minimum absolute atomic E-state index is 0.0268. The van der Waals surface area contributed by atoms with Gasteiger partial charge in [0, 0.05) is 12.8 Å². The topological polar surface area (TPSA) is 66.5 Å². The van der Waals surface area contributed by atoms with Crippen molar-refractivity contribution >= 4 is 15.7 Å². The van der Waals surface area contributed by atoms with E-state index in [0.717, 1.165) is 19.3 Å². The Hall–Kier alpha value is -0.620. The van der Waals surface area contributed by atoms with Gasteiger partial charge in [-0.05, 0) is 33.1 Å². The van der Waals surface area contributed by atoms with Gasteiger partial charge in [0.05, 0.1) is 16.5 Å². The second-order valence-corrected chi connectivity index (χ2v) is 8.76. The number of nitrogens with zero attached hydrogens (tertiary/aromatic N) is 1. The highest BCUT2D eigenvalue weighted by Crippen LogP contribution is 2.43. The number of nitrogens with one attached hydrogen (secondary N) is 1. The molecule has 0 bridgehead atoms. The van der Waals surface area contributed by atoms with Crippen molar-refractivity contribution in [2.24, 2.45) is 0 Å². The van der Waals surface area contributed by atoms with Crippen LogP contribution in [0.15, 0.2) is 0 Å². The molecule has 1 saturated heterocycles. The quantitative estimate of drug-likeness (QED) is 0.811. The maximum atomic E-state index is 12.3. The van der Waals surface area contributed by atoms with Crippen LogP contribution in [0.5, 0.6) is 0 Å². The van der Waals surface area contributed by atoms with E-state index < -0.39 is 14.6 Å². The van der Waals surface area contributed by atoms with Gasteiger partial charge in [0.2, 0.25) is 5.91 Å². The molecule has 1 heterocycles. The van der Waals surface area contributed by atoms with Crippen molar-refractivity contribution in [3.05, 3.63) is 0 Å². The maximum Gasteiger partial charge on any atom is 0.244 e. The van der Waals surface area contributed by atoms with Gasteiger partial charge in [0.15, 0.2) is 9.84 Å². The molecule has 1 amide bonds. The van der Waals surface area contributed by atoms with Crippen molar-refractivity contribution in [1.82, 2.24) is 10.2 Å². The summed E-state index contributed by atoms with van der Waals surface area (Å²) in [5.74, 6) is 0.0751. The standard InChI is InChI=1S/C12H22N2O3S/c1-5-9-13-12(6-7-12)10(15)14(9)8-11(2,3)18(4,16)17/h9,13H,5-8H2,1-4H3. The highest BCUT2D eigenvalue weighted by molar-refractivity contribution is 7.92. The minimum atomic E-state index is -3.18. The molecule has 2 fully saturated rings. The van der Waals surface area contributed by atoms with Crippen LogP contribution in [0.25, 0.3) is 0 Å². The summed E-state index contributed by atoms with van der Waals surface area (Å²) in [6.07, 6.45) is 3.75. The average molecular weight is 274 g/mol. The van der Waals surface area contributed by atoms with E-state index in [1.165, 1.54) is 6.26 Å². The van der Waals surface area contributed by atoms with Crippen LogP contribution in [0.2, 0.25) is 0 Å². The Morgan fingerprint density at radius 2 is 2.00 bits per heavy atom. The largest absolute Gasteiger partial charge is 0.324 e. The monoisotopic (exact) mass is 274 g/mol. The predicted octanol–water partition coefficient (Wildman–Crippen LogP) is 0.510. The van der Waals surface area contributed by atoms with Crippen LogP contribution in [0.3, 0.4) is 0 Å². The fraction of sp³-hybridized carbons (Fsp3) is 0.917. The second-order valence-electron chi connectivity index (χ2n) is 6.12. The van der Waals surface area contributed by atoms with Gasteiger partial charge in [0.1, 0.15) is 0 Å². The third-order valence-electron chi connectivity index (χ3n) is 4.18. The van der Waals surface area contributed by atoms with E-state index in [2.05, 4.69) is 5.32 Å². The molecule has 1 aliphatic heterocycles. The van der Waals surface area contributed by atoms with Gasteiger partial charge in [-0.1, -0.05) is 6.92 Å². The number of carbonyl (C=O) groups is 1. The normalized spacial score (nSPS) is 27.0. The molecule has 0 aromatic rings. The van der Waals surface area contributed by atoms with E-state index in [9.17, 15) is 13.2 Å². The lowest BCUT2D eigenvalue weighted by Crippen LogP contribution is -2.48. The summed E-state index contributed by atoms with van der Waals surface area (Å²) in [4.78, 5) is 14.0. The summed E-state index contributed by atoms with van der Waals surface area (Å²) in [6, 6.07) is 0. The summed E-state index contributed by atoms with van der Waals surface area (Å²) in [6.45, 7) is 5.63. The van der Waals surface area contributed by atoms with E-state index in [1.807, 2.05) is 6.92 Å². The number of hydrogen-bond acceptors (Lipinski definition) is 4. The predicted molar refractivity (Wildman–Crippen MR) is 69.8 cm³/mol. The van der Waals surface area contributed by atoms with Crippen LogP contribution in [-0.2, 0) is 14.6 Å². The van der Waals surface area contributed by atoms with E-state index in [1.54, 1.807) is 18.7 Å². The Labute approximate surface area is 109 Å². The first-order valence-electron chi connectivity index (χ1n) is 6.41. The zero-order valence-electron chi connectivity index (χ0n) is 11.5. The van der Waals surface area contributed by atoms with Gasteiger partial charge < -0.3 is 4.90 Å². The lowest BCUT2D eigenvalue weighted by Gasteiger charge is -2.31. The molecule has 5 nitrogen and oxygen atoms in total. The van der Waals surface area contributed by atoms with Crippen LogP contribution in [0, 0.1) is 0 Å². The fourth-order valence-electron chi connectivity index (χ4n) is 2.39. The van der Waals surface area contributed by atoms with Crippen LogP contribution >= 0.6 is 0 Å². The summed E-state index contributed by atoms with van der Waals surface area (Å²) in [5.41, 5.74) is -0.367. The van der Waals surface area contributed by atoms with Gasteiger partial charge in [-0.2, -0.15) is 0 Å². The van der Waals surface area contributed by atoms with Gasteiger partial charge in [-0.25, -0.2) is 8.42 Å². The highest BCUT2D eigenvalue weighted by atomic mass is 32.2. The molecule has 6 heteroatoms. The molecular weight excluding hydrogens is 252 g/mol. The van der Waals surface area contributed by atoms with Gasteiger partial charge in [0.25, 0.3) is 0 Å². The first kappa shape index (κ1) is 13.8. The molecule has 1 spiro atoms. The number of hydrogen-bond donors (Lipinski definition) is 1. The zero-order chi connectivity index (χ0) is 13.8. The first-order chi connectivity index (χ1) is 8.13. The number of sulfone groups is 1. The SMILES string of the molecule is CCC1NC2(CC2)C(=O)N1CC(C)(C)S(C)(=O)=O. The van der Waals surface area contributed by atoms with E-state index in [-0.39, 0.29) is 24.2 Å². The van der Waals surface area contributed by atoms with Crippen LogP contribution in [0.4, 0.5) is 0 Å². The Kier molecular flexibility index (Phi) is 3.02. The van der Waals surface area contributed by atoms with Crippen LogP contribution in [0.1, 0.15) is 40.0 Å². The Morgan fingerprint density at radius 3 is 2.39 bits per heavy atom. The van der Waals surface area contributed by atoms with Crippen molar-refractivity contribution in [1.29, 1.82) is 0 Å². The summed E-state index contributed by atoms with van der Waals surface area (Å²) in [7, 11) is -3.18. The third-order valence-corrected chi connectivity index (χ3v) is 6.32. The molecule has 1 unspecified atom stereocenters. The fourth-order valence-corrected chi connectivity index (χ4v) is 2.76. The van der Waals surface area contributed by atoms with Crippen LogP contribution in [-0.4, -0.2) is 48.5 Å². The van der Waals surface area contributed by atoms with Crippen molar-refractivity contribution in [2.45, 2.75) is 56.5 Å². The molecular formula is C12H22N2O3S. The smallest absolute Gasteiger partial charge is 0.244 e. The second kappa shape index (κ2) is 3.93. The number of amides is 1. The molecule has 2 aliphatic rings. The Bertz CT molecular complexity index is 466. The molecule has 1 aliphatic carbocycles. The van der Waals surface area contributed by atoms with Crippen molar-refractivity contribution in [3.8, 4) is 0 Å². The van der Waals surface area contributed by atoms with Crippen LogP contribution < -0.4 is 5.32 Å². The summed E-state index contributed by atoms with van der Waals surface area (Å²) < 4.78 is 22.6. The highest BCUT2D eigenvalue weighted by Gasteiger charge is 2.59. The van der Waals surface area contributed by atoms with E-state index >= 15 is 0 Å². The molecule has 104 valence electrons. The maximum absolute atomic E-state index is 12.3. The third kappa shape index (κ3) is 2.05. The number of rotatable bonds is 4. The minimum Gasteiger partial charge on any atom is -0.324 e. The molecule has 0 radical (unpaired) electrons. The molecule has 0 aromatic carbocycles. The molecule has 0 aromatic heterocycles. The summed E-state index contributed by atoms with van der Waals surface area (Å²) >= 11 is 0. The van der Waals surface area contributed by atoms with Gasteiger partial charge in [-0.15, -0.1) is 0 Å². The van der Waals surface area contributed by atoms with E-state index in [4.69, 9.17) is 0 Å². The molecule has 1 N–H and O–H groups in total. The summed E-state index contributed by atoms with van der Waals surface area (Å²) in [5, 5.41) is 3.35. The Morgan fingerprint density at radius 1 is 1.44 bits per heavy atom. The zero-order valence-corrected chi connectivity index (χ0v) is 12.3. The Balaban J connectivity index is 2.20. The average Bonchev–Trinajstić information content (AvgIpc) is 2.96.